The maximum absolute atomic E-state index is 5.33. The summed E-state index contributed by atoms with van der Waals surface area (Å²) in [7, 11) is 0. The Bertz CT molecular complexity index is 302. The van der Waals surface area contributed by atoms with Gasteiger partial charge >= 0.3 is 0 Å². The van der Waals surface area contributed by atoms with Crippen molar-refractivity contribution in [3.63, 3.8) is 0 Å². The molecule has 0 saturated heterocycles. The second kappa shape index (κ2) is 4.77. The summed E-state index contributed by atoms with van der Waals surface area (Å²) in [5.41, 5.74) is 0. The summed E-state index contributed by atoms with van der Waals surface area (Å²) in [6.07, 6.45) is 7.41. The van der Waals surface area contributed by atoms with E-state index in [1.807, 2.05) is 0 Å². The lowest BCUT2D eigenvalue weighted by atomic mass is 10.1. The third kappa shape index (κ3) is 2.39. The Labute approximate surface area is 91.3 Å². The average Bonchev–Trinajstić information content (AvgIpc) is 2.89. The lowest BCUT2D eigenvalue weighted by molar-refractivity contribution is 0.346. The standard InChI is InChI=1S/C12H20N2O/c1-3-6-9(2)12-13-11(14-15-12)10-7-4-5-8-10/h9-10H,3-8H2,1-2H3. The third-order valence-electron chi connectivity index (χ3n) is 3.32. The summed E-state index contributed by atoms with van der Waals surface area (Å²) in [6.45, 7) is 4.35. The molecule has 1 heterocycles. The lowest BCUT2D eigenvalue weighted by Crippen LogP contribution is -1.97. The lowest BCUT2D eigenvalue weighted by Gasteiger charge is -2.02. The largest absolute Gasteiger partial charge is 0.339 e. The first kappa shape index (κ1) is 10.7. The van der Waals surface area contributed by atoms with Gasteiger partial charge in [-0.1, -0.05) is 38.3 Å². The molecule has 15 heavy (non-hydrogen) atoms. The van der Waals surface area contributed by atoms with Gasteiger partial charge in [0.2, 0.25) is 5.89 Å². The predicted molar refractivity (Wildman–Crippen MR) is 58.8 cm³/mol. The fraction of sp³-hybridized carbons (Fsp3) is 0.833. The van der Waals surface area contributed by atoms with E-state index in [0.717, 1.165) is 18.1 Å². The molecule has 0 aliphatic heterocycles. The summed E-state index contributed by atoms with van der Waals surface area (Å²) >= 11 is 0. The van der Waals surface area contributed by atoms with Crippen LogP contribution in [0.1, 0.15) is 75.9 Å². The van der Waals surface area contributed by atoms with E-state index in [4.69, 9.17) is 4.52 Å². The molecule has 3 heteroatoms. The molecule has 1 fully saturated rings. The maximum atomic E-state index is 5.33. The number of rotatable bonds is 4. The molecule has 1 saturated carbocycles. The summed E-state index contributed by atoms with van der Waals surface area (Å²) in [4.78, 5) is 4.53. The average molecular weight is 208 g/mol. The van der Waals surface area contributed by atoms with Crippen LogP contribution in [-0.2, 0) is 0 Å². The van der Waals surface area contributed by atoms with Crippen molar-refractivity contribution in [2.75, 3.05) is 0 Å². The van der Waals surface area contributed by atoms with Crippen molar-refractivity contribution in [1.29, 1.82) is 0 Å². The van der Waals surface area contributed by atoms with Crippen LogP contribution >= 0.6 is 0 Å². The highest BCUT2D eigenvalue weighted by Crippen LogP contribution is 2.33. The SMILES string of the molecule is CCCC(C)c1nc(C2CCCC2)no1. The molecule has 1 aromatic heterocycles. The van der Waals surface area contributed by atoms with Crippen LogP contribution < -0.4 is 0 Å². The van der Waals surface area contributed by atoms with Crippen molar-refractivity contribution in [2.24, 2.45) is 0 Å². The number of aromatic nitrogens is 2. The number of nitrogens with zero attached hydrogens (tertiary/aromatic N) is 2. The fourth-order valence-corrected chi connectivity index (χ4v) is 2.35. The Balaban J connectivity index is 2.02. The number of hydrogen-bond acceptors (Lipinski definition) is 3. The summed E-state index contributed by atoms with van der Waals surface area (Å²) in [5.74, 6) is 2.76. The van der Waals surface area contributed by atoms with Crippen molar-refractivity contribution in [2.45, 2.75) is 64.2 Å². The van der Waals surface area contributed by atoms with E-state index in [1.165, 1.54) is 32.1 Å². The second-order valence-corrected chi connectivity index (χ2v) is 4.66. The first-order valence-corrected chi connectivity index (χ1v) is 6.14. The van der Waals surface area contributed by atoms with Crippen LogP contribution in [0.4, 0.5) is 0 Å². The van der Waals surface area contributed by atoms with Gasteiger partial charge in [0, 0.05) is 11.8 Å². The van der Waals surface area contributed by atoms with Crippen molar-refractivity contribution < 1.29 is 4.52 Å². The van der Waals surface area contributed by atoms with Gasteiger partial charge in [0.05, 0.1) is 0 Å². The summed E-state index contributed by atoms with van der Waals surface area (Å²) in [5, 5.41) is 4.12. The summed E-state index contributed by atoms with van der Waals surface area (Å²) < 4.78 is 5.33. The van der Waals surface area contributed by atoms with Crippen LogP contribution in [0, 0.1) is 0 Å². The molecule has 0 aromatic carbocycles. The highest BCUT2D eigenvalue weighted by Gasteiger charge is 2.23. The van der Waals surface area contributed by atoms with Gasteiger partial charge in [-0.25, -0.2) is 0 Å². The van der Waals surface area contributed by atoms with Crippen LogP contribution in [0.25, 0.3) is 0 Å². The molecule has 1 unspecified atom stereocenters. The Morgan fingerprint density at radius 2 is 2.13 bits per heavy atom. The van der Waals surface area contributed by atoms with Gasteiger partial charge in [-0.15, -0.1) is 0 Å². The molecule has 1 aliphatic rings. The van der Waals surface area contributed by atoms with E-state index < -0.39 is 0 Å². The van der Waals surface area contributed by atoms with Gasteiger partial charge in [0.25, 0.3) is 0 Å². The molecule has 84 valence electrons. The van der Waals surface area contributed by atoms with E-state index in [9.17, 15) is 0 Å². The molecule has 0 N–H and O–H groups in total. The van der Waals surface area contributed by atoms with Crippen LogP contribution in [-0.4, -0.2) is 10.1 Å². The predicted octanol–water partition coefficient (Wildman–Crippen LogP) is 3.63. The third-order valence-corrected chi connectivity index (χ3v) is 3.32. The van der Waals surface area contributed by atoms with Crippen molar-refractivity contribution in [1.82, 2.24) is 10.1 Å². The first-order chi connectivity index (χ1) is 7.31. The molecule has 1 aliphatic carbocycles. The van der Waals surface area contributed by atoms with Gasteiger partial charge in [0.15, 0.2) is 5.82 Å². The Morgan fingerprint density at radius 3 is 2.80 bits per heavy atom. The zero-order chi connectivity index (χ0) is 10.7. The molecular weight excluding hydrogens is 188 g/mol. The quantitative estimate of drug-likeness (QED) is 0.758. The van der Waals surface area contributed by atoms with Gasteiger partial charge in [-0.05, 0) is 19.3 Å². The summed E-state index contributed by atoms with van der Waals surface area (Å²) in [6, 6.07) is 0. The first-order valence-electron chi connectivity index (χ1n) is 6.14. The van der Waals surface area contributed by atoms with E-state index in [0.29, 0.717) is 11.8 Å². The van der Waals surface area contributed by atoms with Crippen molar-refractivity contribution >= 4 is 0 Å². The van der Waals surface area contributed by atoms with Crippen LogP contribution in [0.3, 0.4) is 0 Å². The Hall–Kier alpha value is -0.860. The minimum Gasteiger partial charge on any atom is -0.339 e. The molecule has 0 spiro atoms. The molecule has 0 amide bonds. The zero-order valence-electron chi connectivity index (χ0n) is 9.70. The van der Waals surface area contributed by atoms with Gasteiger partial charge in [-0.2, -0.15) is 4.98 Å². The molecular formula is C12H20N2O. The highest BCUT2D eigenvalue weighted by atomic mass is 16.5. The number of hydrogen-bond donors (Lipinski definition) is 0. The minimum atomic E-state index is 0.414. The molecule has 3 nitrogen and oxygen atoms in total. The fourth-order valence-electron chi connectivity index (χ4n) is 2.35. The van der Waals surface area contributed by atoms with Crippen molar-refractivity contribution in [3.8, 4) is 0 Å². The Morgan fingerprint density at radius 1 is 1.40 bits per heavy atom. The normalized spacial score (nSPS) is 19.6. The van der Waals surface area contributed by atoms with Crippen LogP contribution in [0.15, 0.2) is 4.52 Å². The van der Waals surface area contributed by atoms with Gasteiger partial charge < -0.3 is 4.52 Å². The molecule has 0 bridgehead atoms. The topological polar surface area (TPSA) is 38.9 Å². The van der Waals surface area contributed by atoms with E-state index in [2.05, 4.69) is 24.0 Å². The van der Waals surface area contributed by atoms with Crippen molar-refractivity contribution in [3.05, 3.63) is 11.7 Å². The zero-order valence-corrected chi connectivity index (χ0v) is 9.70. The van der Waals surface area contributed by atoms with Gasteiger partial charge in [-0.3, -0.25) is 0 Å². The van der Waals surface area contributed by atoms with E-state index in [1.54, 1.807) is 0 Å². The maximum Gasteiger partial charge on any atom is 0.229 e. The van der Waals surface area contributed by atoms with Gasteiger partial charge in [0.1, 0.15) is 0 Å². The van der Waals surface area contributed by atoms with E-state index >= 15 is 0 Å². The molecule has 2 rings (SSSR count). The minimum absolute atomic E-state index is 0.414. The molecule has 1 atom stereocenters. The molecule has 0 radical (unpaired) electrons. The Kier molecular flexibility index (Phi) is 3.39. The smallest absolute Gasteiger partial charge is 0.229 e. The van der Waals surface area contributed by atoms with E-state index in [-0.39, 0.29) is 0 Å². The highest BCUT2D eigenvalue weighted by molar-refractivity contribution is 5.00. The van der Waals surface area contributed by atoms with Crippen LogP contribution in [0.5, 0.6) is 0 Å². The monoisotopic (exact) mass is 208 g/mol. The molecule has 1 aromatic rings. The van der Waals surface area contributed by atoms with Crippen LogP contribution in [0.2, 0.25) is 0 Å². The second-order valence-electron chi connectivity index (χ2n) is 4.66.